The van der Waals surface area contributed by atoms with Gasteiger partial charge in [-0.15, -0.1) is 0 Å². The molecule has 0 saturated carbocycles. The van der Waals surface area contributed by atoms with Gasteiger partial charge in [0.25, 0.3) is 0 Å². The van der Waals surface area contributed by atoms with Crippen molar-refractivity contribution >= 4 is 34.9 Å². The predicted molar refractivity (Wildman–Crippen MR) is 101 cm³/mol. The fourth-order valence-electron chi connectivity index (χ4n) is 2.96. The second kappa shape index (κ2) is 9.82. The minimum absolute atomic E-state index is 0. The van der Waals surface area contributed by atoms with Crippen LogP contribution >= 0.6 is 23.5 Å². The first-order valence-corrected chi connectivity index (χ1v) is 9.62. The van der Waals surface area contributed by atoms with Gasteiger partial charge in [-0.25, -0.2) is 0 Å². The third-order valence-electron chi connectivity index (χ3n) is 4.16. The van der Waals surface area contributed by atoms with Crippen LogP contribution in [0.4, 0.5) is 11.4 Å². The van der Waals surface area contributed by atoms with Crippen molar-refractivity contribution < 1.29 is 103 Å². The van der Waals surface area contributed by atoms with Gasteiger partial charge in [-0.2, -0.15) is 44.7 Å². The molecule has 3 aromatic carbocycles. The Hall–Kier alpha value is 1.23. The molecule has 2 atom stereocenters. The summed E-state index contributed by atoms with van der Waals surface area (Å²) in [5.41, 5.74) is 4.69. The van der Waals surface area contributed by atoms with Crippen LogP contribution in [0.2, 0.25) is 0 Å². The zero-order chi connectivity index (χ0) is 15.9. The number of hydrogen-bond donors (Lipinski definition) is 2. The topological polar surface area (TPSA) is 24.1 Å². The van der Waals surface area contributed by atoms with Gasteiger partial charge >= 0.3 is 103 Å². The molecule has 2 heterocycles. The third kappa shape index (κ3) is 4.52. The zero-order valence-corrected chi connectivity index (χ0v) is 22.6. The van der Waals surface area contributed by atoms with E-state index < -0.39 is 0 Å². The SMILES string of the molecule is [K+].[K+].[c-]1c2c([c-]c3c1SC(c1ccccc1)N3)SC(c1ccccc1)N2. The van der Waals surface area contributed by atoms with E-state index in [4.69, 9.17) is 0 Å². The average molecular weight is 425 g/mol. The van der Waals surface area contributed by atoms with Crippen molar-refractivity contribution in [2.75, 3.05) is 10.6 Å². The number of thioether (sulfide) groups is 2. The van der Waals surface area contributed by atoms with E-state index in [-0.39, 0.29) is 114 Å². The average Bonchev–Trinajstić information content (AvgIpc) is 3.24. The number of rotatable bonds is 2. The maximum atomic E-state index is 3.57. The molecule has 2 aliphatic heterocycles. The molecule has 0 amide bonds. The van der Waals surface area contributed by atoms with Crippen LogP contribution in [0.5, 0.6) is 0 Å². The van der Waals surface area contributed by atoms with Gasteiger partial charge in [0, 0.05) is 0 Å². The molecule has 6 heteroatoms. The number of fused-ring (bicyclic) bond motifs is 2. The van der Waals surface area contributed by atoms with Gasteiger partial charge in [0.15, 0.2) is 0 Å². The molecule has 0 fully saturated rings. The van der Waals surface area contributed by atoms with Crippen molar-refractivity contribution in [2.45, 2.75) is 20.5 Å². The first kappa shape index (κ1) is 21.9. The second-order valence-electron chi connectivity index (χ2n) is 5.76. The molecule has 26 heavy (non-hydrogen) atoms. The Morgan fingerprint density at radius 1 is 0.615 bits per heavy atom. The molecule has 0 aliphatic carbocycles. The molecule has 0 saturated heterocycles. The van der Waals surface area contributed by atoms with Gasteiger partial charge in [-0.05, 0) is 11.1 Å². The molecule has 0 aromatic heterocycles. The summed E-state index contributed by atoms with van der Waals surface area (Å²) in [7, 11) is 0. The Labute approximate surface area is 247 Å². The first-order chi connectivity index (χ1) is 11.9. The molecule has 0 radical (unpaired) electrons. The second-order valence-corrected chi connectivity index (χ2v) is 7.99. The Morgan fingerprint density at radius 3 is 1.38 bits per heavy atom. The molecular weight excluding hydrogens is 411 g/mol. The van der Waals surface area contributed by atoms with E-state index in [1.54, 1.807) is 23.5 Å². The summed E-state index contributed by atoms with van der Waals surface area (Å²) in [6, 6.07) is 28.1. The van der Waals surface area contributed by atoms with Gasteiger partial charge in [0.1, 0.15) is 0 Å². The van der Waals surface area contributed by atoms with Gasteiger partial charge in [-0.3, -0.25) is 12.1 Å². The standard InChI is InChI=1S/C20H14N2S2.2K/c1-3-7-13(8-4-1)19-21-15-11-18-16(12-17(15)23-19)22-20(24-18)14-9-5-2-6-10-14;;/h1-10,19-22H;;/q-2;2*+1. The fraction of sp³-hybridized carbons (Fsp3) is 0.100. The van der Waals surface area contributed by atoms with Crippen molar-refractivity contribution in [3.05, 3.63) is 83.9 Å². The number of nitrogens with one attached hydrogen (secondary N) is 2. The smallest absolute Gasteiger partial charge is 0.445 e. The minimum atomic E-state index is 0. The summed E-state index contributed by atoms with van der Waals surface area (Å²) < 4.78 is 0. The Balaban J connectivity index is 0.000000980. The van der Waals surface area contributed by atoms with E-state index in [9.17, 15) is 0 Å². The van der Waals surface area contributed by atoms with Gasteiger partial charge < -0.3 is 10.6 Å². The quantitative estimate of drug-likeness (QED) is 0.437. The number of hydrogen-bond acceptors (Lipinski definition) is 4. The monoisotopic (exact) mass is 424 g/mol. The van der Waals surface area contributed by atoms with Gasteiger partial charge in [0.05, 0.1) is 10.7 Å². The molecule has 0 bridgehead atoms. The summed E-state index contributed by atoms with van der Waals surface area (Å²) >= 11 is 3.61. The van der Waals surface area contributed by atoms with Crippen LogP contribution in [0, 0.1) is 12.1 Å². The van der Waals surface area contributed by atoms with E-state index in [0.29, 0.717) is 0 Å². The fourth-order valence-corrected chi connectivity index (χ4v) is 5.15. The van der Waals surface area contributed by atoms with Crippen LogP contribution in [-0.4, -0.2) is 0 Å². The van der Waals surface area contributed by atoms with Crippen molar-refractivity contribution in [3.8, 4) is 0 Å². The van der Waals surface area contributed by atoms with Crippen LogP contribution in [-0.2, 0) is 0 Å². The van der Waals surface area contributed by atoms with Crippen molar-refractivity contribution in [1.29, 1.82) is 0 Å². The number of anilines is 2. The summed E-state index contributed by atoms with van der Waals surface area (Å²) in [4.78, 5) is 2.29. The molecule has 3 aromatic rings. The normalized spacial score (nSPS) is 19.2. The molecule has 2 aliphatic rings. The number of benzene rings is 3. The molecule has 2 nitrogen and oxygen atoms in total. The molecular formula is C20H14K2N2S2. The Bertz CT molecular complexity index is 785. The molecule has 2 unspecified atom stereocenters. The van der Waals surface area contributed by atoms with E-state index in [0.717, 1.165) is 21.2 Å². The van der Waals surface area contributed by atoms with Gasteiger partial charge in [0.2, 0.25) is 0 Å². The molecule has 5 rings (SSSR count). The minimum Gasteiger partial charge on any atom is -0.445 e. The van der Waals surface area contributed by atoms with E-state index in [2.05, 4.69) is 71.3 Å². The summed E-state index contributed by atoms with van der Waals surface area (Å²) in [6.07, 6.45) is 0. The van der Waals surface area contributed by atoms with Crippen LogP contribution in [0.3, 0.4) is 0 Å². The molecule has 118 valence electrons. The maximum absolute atomic E-state index is 3.57. The first-order valence-electron chi connectivity index (χ1n) is 7.86. The zero-order valence-electron chi connectivity index (χ0n) is 14.7. The largest absolute Gasteiger partial charge is 1.00 e. The summed E-state index contributed by atoms with van der Waals surface area (Å²) in [6.45, 7) is 0. The third-order valence-corrected chi connectivity index (χ3v) is 6.49. The summed E-state index contributed by atoms with van der Waals surface area (Å²) in [5.74, 6) is 0. The van der Waals surface area contributed by atoms with Crippen LogP contribution < -0.4 is 113 Å². The van der Waals surface area contributed by atoms with Crippen molar-refractivity contribution in [1.82, 2.24) is 0 Å². The Kier molecular flexibility index (Phi) is 8.29. The molecule has 0 spiro atoms. The predicted octanol–water partition coefficient (Wildman–Crippen LogP) is -0.272. The van der Waals surface area contributed by atoms with Crippen LogP contribution in [0.1, 0.15) is 21.9 Å². The van der Waals surface area contributed by atoms with Gasteiger partial charge in [-0.1, -0.05) is 60.7 Å². The van der Waals surface area contributed by atoms with Crippen LogP contribution in [0.25, 0.3) is 0 Å². The van der Waals surface area contributed by atoms with Crippen molar-refractivity contribution in [3.63, 3.8) is 0 Å². The van der Waals surface area contributed by atoms with E-state index >= 15 is 0 Å². The van der Waals surface area contributed by atoms with E-state index in [1.165, 1.54) is 11.1 Å². The summed E-state index contributed by atoms with van der Waals surface area (Å²) in [5, 5.41) is 7.62. The molecule has 2 N–H and O–H groups in total. The Morgan fingerprint density at radius 2 is 1.00 bits per heavy atom. The van der Waals surface area contributed by atoms with E-state index in [1.807, 2.05) is 12.1 Å². The van der Waals surface area contributed by atoms with Crippen molar-refractivity contribution in [2.24, 2.45) is 0 Å². The van der Waals surface area contributed by atoms with Crippen LogP contribution in [0.15, 0.2) is 70.5 Å². The maximum Gasteiger partial charge on any atom is 1.00 e.